The minimum atomic E-state index is -0.604. The van der Waals surface area contributed by atoms with Crippen molar-refractivity contribution in [3.8, 4) is 0 Å². The number of carbonyl (C=O) groups is 2. The highest BCUT2D eigenvalue weighted by atomic mass is 16.6. The Bertz CT molecular complexity index is 704. The molecule has 1 aromatic rings. The Morgan fingerprint density at radius 2 is 1.87 bits per heavy atom. The summed E-state index contributed by atoms with van der Waals surface area (Å²) in [6, 6.07) is 9.75. The van der Waals surface area contributed by atoms with E-state index < -0.39 is 6.09 Å². The number of rotatable bonds is 4. The summed E-state index contributed by atoms with van der Waals surface area (Å²) < 4.78 is 5.24. The van der Waals surface area contributed by atoms with E-state index in [1.807, 2.05) is 60.5 Å². The van der Waals surface area contributed by atoms with Gasteiger partial charge in [-0.05, 0) is 31.1 Å². The average molecular weight is 310 g/mol. The van der Waals surface area contributed by atoms with Crippen LogP contribution in [0.1, 0.15) is 12.5 Å². The van der Waals surface area contributed by atoms with Gasteiger partial charge in [0.25, 0.3) is 0 Å². The molecule has 1 fully saturated rings. The van der Waals surface area contributed by atoms with Crippen molar-refractivity contribution in [1.29, 1.82) is 0 Å². The first-order valence-electron chi connectivity index (χ1n) is 7.64. The SMILES string of the molecule is CCN1C=CC=C/C1=C1/OC(=O)N(CCc2ccccc2)C1=O. The lowest BCUT2D eigenvalue weighted by Crippen LogP contribution is -2.31. The van der Waals surface area contributed by atoms with Crippen LogP contribution in [0.15, 0.2) is 66.2 Å². The highest BCUT2D eigenvalue weighted by Crippen LogP contribution is 2.25. The van der Waals surface area contributed by atoms with E-state index in [2.05, 4.69) is 0 Å². The van der Waals surface area contributed by atoms with Crippen molar-refractivity contribution in [2.24, 2.45) is 0 Å². The van der Waals surface area contributed by atoms with Gasteiger partial charge in [0.1, 0.15) is 0 Å². The Morgan fingerprint density at radius 1 is 1.09 bits per heavy atom. The van der Waals surface area contributed by atoms with Crippen LogP contribution < -0.4 is 0 Å². The van der Waals surface area contributed by atoms with Crippen molar-refractivity contribution in [3.63, 3.8) is 0 Å². The lowest BCUT2D eigenvalue weighted by molar-refractivity contribution is -0.123. The number of hydrogen-bond donors (Lipinski definition) is 0. The second kappa shape index (κ2) is 6.52. The zero-order valence-corrected chi connectivity index (χ0v) is 12.9. The van der Waals surface area contributed by atoms with Gasteiger partial charge in [-0.25, -0.2) is 9.69 Å². The fraction of sp³-hybridized carbons (Fsp3) is 0.222. The van der Waals surface area contributed by atoms with Gasteiger partial charge in [-0.1, -0.05) is 36.4 Å². The fourth-order valence-electron chi connectivity index (χ4n) is 2.59. The largest absolute Gasteiger partial charge is 0.422 e. The van der Waals surface area contributed by atoms with E-state index in [1.165, 1.54) is 0 Å². The van der Waals surface area contributed by atoms with Crippen molar-refractivity contribution in [3.05, 3.63) is 71.8 Å². The first kappa shape index (κ1) is 15.1. The van der Waals surface area contributed by atoms with Crippen molar-refractivity contribution in [2.75, 3.05) is 13.1 Å². The summed E-state index contributed by atoms with van der Waals surface area (Å²) in [6.45, 7) is 2.97. The van der Waals surface area contributed by atoms with Gasteiger partial charge < -0.3 is 9.64 Å². The number of likely N-dealkylation sites (N-methyl/N-ethyl adjacent to an activating group) is 1. The third-order valence-corrected chi connectivity index (χ3v) is 3.83. The molecule has 0 bridgehead atoms. The number of hydrogen-bond acceptors (Lipinski definition) is 4. The molecular weight excluding hydrogens is 292 g/mol. The predicted octanol–water partition coefficient (Wildman–Crippen LogP) is 2.82. The molecule has 23 heavy (non-hydrogen) atoms. The lowest BCUT2D eigenvalue weighted by atomic mass is 10.1. The molecule has 5 nitrogen and oxygen atoms in total. The number of allylic oxidation sites excluding steroid dienone is 3. The van der Waals surface area contributed by atoms with E-state index in [-0.39, 0.29) is 11.7 Å². The molecule has 0 radical (unpaired) electrons. The molecule has 3 rings (SSSR count). The summed E-state index contributed by atoms with van der Waals surface area (Å²) in [6.07, 6.45) is 7.34. The molecule has 2 heterocycles. The monoisotopic (exact) mass is 310 g/mol. The molecule has 0 spiro atoms. The van der Waals surface area contributed by atoms with Crippen LogP contribution in [0.5, 0.6) is 0 Å². The van der Waals surface area contributed by atoms with Crippen LogP contribution in [0, 0.1) is 0 Å². The van der Waals surface area contributed by atoms with Crippen LogP contribution >= 0.6 is 0 Å². The number of carbonyl (C=O) groups excluding carboxylic acids is 2. The van der Waals surface area contributed by atoms with Crippen molar-refractivity contribution >= 4 is 12.0 Å². The highest BCUT2D eigenvalue weighted by Gasteiger charge is 2.38. The highest BCUT2D eigenvalue weighted by molar-refractivity contribution is 6.08. The molecule has 0 N–H and O–H groups in total. The van der Waals surface area contributed by atoms with Gasteiger partial charge in [0.2, 0.25) is 5.76 Å². The second-order valence-electron chi connectivity index (χ2n) is 5.26. The van der Waals surface area contributed by atoms with Crippen LogP contribution in [-0.2, 0) is 16.0 Å². The Hall–Kier alpha value is -2.82. The smallest absolute Gasteiger partial charge is 0.402 e. The standard InChI is InChI=1S/C18H18N2O3/c1-2-19-12-7-6-10-15(19)16-17(21)20(18(22)23-16)13-11-14-8-4-3-5-9-14/h3-10,12H,2,11,13H2,1H3/b16-15-. The summed E-state index contributed by atoms with van der Waals surface area (Å²) in [5.41, 5.74) is 1.69. The third kappa shape index (κ3) is 3.04. The maximum atomic E-state index is 12.5. The number of benzene rings is 1. The first-order chi connectivity index (χ1) is 11.2. The van der Waals surface area contributed by atoms with Gasteiger partial charge in [0, 0.05) is 19.3 Å². The first-order valence-corrected chi connectivity index (χ1v) is 7.64. The Labute approximate surface area is 135 Å². The summed E-state index contributed by atoms with van der Waals surface area (Å²) in [4.78, 5) is 27.6. The predicted molar refractivity (Wildman–Crippen MR) is 86.0 cm³/mol. The molecule has 2 amide bonds. The van der Waals surface area contributed by atoms with Gasteiger partial charge in [0.05, 0.1) is 5.70 Å². The molecule has 0 unspecified atom stereocenters. The van der Waals surface area contributed by atoms with E-state index >= 15 is 0 Å². The maximum Gasteiger partial charge on any atom is 0.422 e. The number of ether oxygens (including phenoxy) is 1. The Morgan fingerprint density at radius 3 is 2.61 bits per heavy atom. The molecule has 0 saturated carbocycles. The molecule has 118 valence electrons. The lowest BCUT2D eigenvalue weighted by Gasteiger charge is -2.22. The van der Waals surface area contributed by atoms with E-state index in [0.29, 0.717) is 25.2 Å². The maximum absolute atomic E-state index is 12.5. The molecule has 0 aliphatic carbocycles. The molecule has 5 heteroatoms. The van der Waals surface area contributed by atoms with Crippen LogP contribution in [-0.4, -0.2) is 34.9 Å². The zero-order valence-electron chi connectivity index (χ0n) is 12.9. The van der Waals surface area contributed by atoms with Crippen LogP contribution in [0.25, 0.3) is 0 Å². The topological polar surface area (TPSA) is 49.9 Å². The van der Waals surface area contributed by atoms with Gasteiger partial charge in [-0.15, -0.1) is 0 Å². The number of imide groups is 1. The molecule has 1 aromatic carbocycles. The Kier molecular flexibility index (Phi) is 4.28. The molecule has 0 atom stereocenters. The number of nitrogens with zero attached hydrogens (tertiary/aromatic N) is 2. The normalized spacial score (nSPS) is 20.4. The van der Waals surface area contributed by atoms with E-state index in [1.54, 1.807) is 6.08 Å². The molecule has 2 aliphatic heterocycles. The summed E-state index contributed by atoms with van der Waals surface area (Å²) in [7, 11) is 0. The average Bonchev–Trinajstić information content (AvgIpc) is 2.88. The van der Waals surface area contributed by atoms with E-state index in [0.717, 1.165) is 10.5 Å². The van der Waals surface area contributed by atoms with Crippen molar-refractivity contribution in [1.82, 2.24) is 9.80 Å². The quantitative estimate of drug-likeness (QED) is 0.802. The van der Waals surface area contributed by atoms with Gasteiger partial charge in [-0.3, -0.25) is 4.79 Å². The van der Waals surface area contributed by atoms with E-state index in [4.69, 9.17) is 4.74 Å². The summed E-state index contributed by atoms with van der Waals surface area (Å²) >= 11 is 0. The van der Waals surface area contributed by atoms with Gasteiger partial charge in [-0.2, -0.15) is 0 Å². The third-order valence-electron chi connectivity index (χ3n) is 3.83. The molecule has 2 aliphatic rings. The number of cyclic esters (lactones) is 1. The van der Waals surface area contributed by atoms with Crippen molar-refractivity contribution in [2.45, 2.75) is 13.3 Å². The summed E-state index contributed by atoms with van der Waals surface area (Å²) in [5.74, 6) is -0.273. The molecular formula is C18H18N2O3. The number of amides is 2. The zero-order chi connectivity index (χ0) is 16.2. The molecule has 0 aromatic heterocycles. The summed E-state index contributed by atoms with van der Waals surface area (Å²) in [5, 5.41) is 0. The van der Waals surface area contributed by atoms with E-state index in [9.17, 15) is 9.59 Å². The van der Waals surface area contributed by atoms with Crippen molar-refractivity contribution < 1.29 is 14.3 Å². The Balaban J connectivity index is 1.77. The van der Waals surface area contributed by atoms with Gasteiger partial charge in [0.15, 0.2) is 0 Å². The van der Waals surface area contributed by atoms with Crippen LogP contribution in [0.3, 0.4) is 0 Å². The minimum Gasteiger partial charge on any atom is -0.402 e. The minimum absolute atomic E-state index is 0.102. The molecule has 1 saturated heterocycles. The van der Waals surface area contributed by atoms with Crippen LogP contribution in [0.4, 0.5) is 4.79 Å². The second-order valence-corrected chi connectivity index (χ2v) is 5.26. The van der Waals surface area contributed by atoms with Gasteiger partial charge >= 0.3 is 12.0 Å². The van der Waals surface area contributed by atoms with Crippen LogP contribution in [0.2, 0.25) is 0 Å². The fourth-order valence-corrected chi connectivity index (χ4v) is 2.59.